The minimum Gasteiger partial charge on any atom is -0.522 e. The normalized spacial score (nSPS) is 10.5. The van der Waals surface area contributed by atoms with Gasteiger partial charge in [-0.25, -0.2) is 0 Å². The summed E-state index contributed by atoms with van der Waals surface area (Å²) in [6.45, 7) is -3.88. The van der Waals surface area contributed by atoms with Gasteiger partial charge in [-0.1, -0.05) is 6.07 Å². The van der Waals surface area contributed by atoms with Crippen LogP contribution >= 0.6 is 0 Å². The molecule has 84 valence electrons. The molecule has 0 N–H and O–H groups in total. The van der Waals surface area contributed by atoms with E-state index in [1.165, 1.54) is 12.1 Å². The molecule has 1 rings (SSSR count). The summed E-state index contributed by atoms with van der Waals surface area (Å²) in [4.78, 5) is 0. The SMILES string of the molecule is CCOc1cccc(OC[B-](F)(F)F)c1.[K+]. The topological polar surface area (TPSA) is 18.5 Å². The van der Waals surface area contributed by atoms with Gasteiger partial charge in [0, 0.05) is 6.07 Å². The largest absolute Gasteiger partial charge is 1.00 e. The van der Waals surface area contributed by atoms with E-state index in [-0.39, 0.29) is 57.1 Å². The van der Waals surface area contributed by atoms with E-state index in [2.05, 4.69) is 4.74 Å². The molecule has 0 bridgehead atoms. The van der Waals surface area contributed by atoms with E-state index in [0.717, 1.165) is 0 Å². The van der Waals surface area contributed by atoms with Crippen LogP contribution in [0.5, 0.6) is 11.5 Å². The molecule has 0 heterocycles. The first-order valence-electron chi connectivity index (χ1n) is 4.58. The van der Waals surface area contributed by atoms with E-state index in [4.69, 9.17) is 4.74 Å². The van der Waals surface area contributed by atoms with Crippen molar-refractivity contribution in [2.24, 2.45) is 0 Å². The monoisotopic (exact) mass is 258 g/mol. The summed E-state index contributed by atoms with van der Waals surface area (Å²) in [6.07, 6.45) is 0. The van der Waals surface area contributed by atoms with Gasteiger partial charge in [0.1, 0.15) is 11.5 Å². The van der Waals surface area contributed by atoms with E-state index in [0.29, 0.717) is 12.4 Å². The van der Waals surface area contributed by atoms with Gasteiger partial charge in [0.05, 0.1) is 13.1 Å². The molecule has 16 heavy (non-hydrogen) atoms. The van der Waals surface area contributed by atoms with E-state index in [9.17, 15) is 12.9 Å². The Morgan fingerprint density at radius 2 is 1.69 bits per heavy atom. The van der Waals surface area contributed by atoms with Gasteiger partial charge < -0.3 is 22.4 Å². The first kappa shape index (κ1) is 16.3. The summed E-state index contributed by atoms with van der Waals surface area (Å²) in [7, 11) is 0. The average molecular weight is 258 g/mol. The van der Waals surface area contributed by atoms with Crippen molar-refractivity contribution in [3.63, 3.8) is 0 Å². The zero-order valence-electron chi connectivity index (χ0n) is 9.25. The van der Waals surface area contributed by atoms with Crippen LogP contribution in [0.15, 0.2) is 24.3 Å². The van der Waals surface area contributed by atoms with Crippen LogP contribution < -0.4 is 60.9 Å². The average Bonchev–Trinajstić information content (AvgIpc) is 2.15. The van der Waals surface area contributed by atoms with Crippen LogP contribution in [0.25, 0.3) is 0 Å². The maximum absolute atomic E-state index is 11.9. The second-order valence-corrected chi connectivity index (χ2v) is 2.93. The molecule has 1 aromatic carbocycles. The van der Waals surface area contributed by atoms with Crippen molar-refractivity contribution in [2.45, 2.75) is 6.92 Å². The molecule has 0 aliphatic rings. The van der Waals surface area contributed by atoms with Crippen LogP contribution in [0.1, 0.15) is 6.92 Å². The molecule has 7 heteroatoms. The van der Waals surface area contributed by atoms with Crippen molar-refractivity contribution < 1.29 is 73.8 Å². The van der Waals surface area contributed by atoms with Crippen LogP contribution in [-0.4, -0.2) is 20.1 Å². The molecule has 0 spiro atoms. The van der Waals surface area contributed by atoms with Crippen LogP contribution in [-0.2, 0) is 0 Å². The third-order valence-corrected chi connectivity index (χ3v) is 1.56. The van der Waals surface area contributed by atoms with E-state index in [1.807, 2.05) is 0 Å². The molecular formula is C9H11BF3KO2. The Kier molecular flexibility index (Phi) is 7.75. The fraction of sp³-hybridized carbons (Fsp3) is 0.333. The molecule has 0 aliphatic heterocycles. The summed E-state index contributed by atoms with van der Waals surface area (Å²) in [5.74, 6) is 0.671. The zero-order valence-corrected chi connectivity index (χ0v) is 12.4. The zero-order chi connectivity index (χ0) is 11.3. The standard InChI is InChI=1S/C9H11BF3O2.K/c1-2-14-8-4-3-5-9(6-8)15-7-10(11,12)13;/h3-6H,2,7H2,1H3;/q-1;+1. The predicted molar refractivity (Wildman–Crippen MR) is 52.2 cm³/mol. The summed E-state index contributed by atoms with van der Waals surface area (Å²) in [6, 6.07) is 6.15. The Bertz CT molecular complexity index is 320. The Morgan fingerprint density at radius 1 is 1.12 bits per heavy atom. The molecule has 0 aliphatic carbocycles. The Hall–Kier alpha value is 0.311. The maximum atomic E-state index is 11.9. The molecule has 2 nitrogen and oxygen atoms in total. The van der Waals surface area contributed by atoms with Gasteiger partial charge >= 0.3 is 58.4 Å². The van der Waals surface area contributed by atoms with Gasteiger partial charge in [-0.15, -0.1) is 0 Å². The molecule has 0 saturated heterocycles. The van der Waals surface area contributed by atoms with Crippen molar-refractivity contribution >= 4 is 6.98 Å². The second kappa shape index (κ2) is 7.60. The summed E-state index contributed by atoms with van der Waals surface area (Å²) in [5.41, 5.74) is 0. The number of hydrogen-bond donors (Lipinski definition) is 0. The molecule has 0 radical (unpaired) electrons. The Morgan fingerprint density at radius 3 is 2.19 bits per heavy atom. The van der Waals surface area contributed by atoms with E-state index < -0.39 is 13.5 Å². The summed E-state index contributed by atoms with van der Waals surface area (Å²) >= 11 is 0. The fourth-order valence-corrected chi connectivity index (χ4v) is 1.01. The molecular weight excluding hydrogens is 247 g/mol. The molecule has 0 saturated carbocycles. The van der Waals surface area contributed by atoms with Gasteiger partial charge in [0.25, 0.3) is 0 Å². The Balaban J connectivity index is 0.00000225. The number of hydrogen-bond acceptors (Lipinski definition) is 2. The van der Waals surface area contributed by atoms with Crippen molar-refractivity contribution in [1.29, 1.82) is 0 Å². The summed E-state index contributed by atoms with van der Waals surface area (Å²) < 4.78 is 45.4. The molecule has 0 fully saturated rings. The number of benzene rings is 1. The number of ether oxygens (including phenoxy) is 2. The smallest absolute Gasteiger partial charge is 0.522 e. The van der Waals surface area contributed by atoms with E-state index in [1.54, 1.807) is 19.1 Å². The molecule has 1 aromatic rings. The first-order valence-corrected chi connectivity index (χ1v) is 4.58. The van der Waals surface area contributed by atoms with Crippen molar-refractivity contribution in [2.75, 3.05) is 13.1 Å². The van der Waals surface area contributed by atoms with Gasteiger partial charge in [-0.2, -0.15) is 0 Å². The second-order valence-electron chi connectivity index (χ2n) is 2.93. The van der Waals surface area contributed by atoms with Gasteiger partial charge in [-0.3, -0.25) is 0 Å². The molecule has 0 amide bonds. The number of rotatable bonds is 5. The molecule has 0 aromatic heterocycles. The van der Waals surface area contributed by atoms with Gasteiger partial charge in [0.2, 0.25) is 0 Å². The molecule has 0 atom stereocenters. The minimum absolute atomic E-state index is 0. The van der Waals surface area contributed by atoms with E-state index >= 15 is 0 Å². The molecule has 0 unspecified atom stereocenters. The number of halogens is 3. The predicted octanol–water partition coefficient (Wildman–Crippen LogP) is -0.145. The van der Waals surface area contributed by atoms with Crippen molar-refractivity contribution in [3.8, 4) is 11.5 Å². The van der Waals surface area contributed by atoms with Gasteiger partial charge in [-0.05, 0) is 19.1 Å². The fourth-order valence-electron chi connectivity index (χ4n) is 1.01. The third kappa shape index (κ3) is 6.80. The van der Waals surface area contributed by atoms with Gasteiger partial charge in [0.15, 0.2) is 0 Å². The Labute approximate surface area is 135 Å². The maximum Gasteiger partial charge on any atom is 1.00 e. The van der Waals surface area contributed by atoms with Crippen LogP contribution in [0, 0.1) is 0 Å². The van der Waals surface area contributed by atoms with Crippen molar-refractivity contribution in [3.05, 3.63) is 24.3 Å². The van der Waals surface area contributed by atoms with Crippen LogP contribution in [0.2, 0.25) is 0 Å². The minimum atomic E-state index is -4.91. The summed E-state index contributed by atoms with van der Waals surface area (Å²) in [5, 5.41) is 0. The quantitative estimate of drug-likeness (QED) is 0.684. The third-order valence-electron chi connectivity index (χ3n) is 1.56. The first-order chi connectivity index (χ1) is 7.01. The van der Waals surface area contributed by atoms with Crippen LogP contribution in [0.3, 0.4) is 0 Å². The van der Waals surface area contributed by atoms with Crippen LogP contribution in [0.4, 0.5) is 12.9 Å². The van der Waals surface area contributed by atoms with Crippen molar-refractivity contribution in [1.82, 2.24) is 0 Å².